The number of nitrogens with two attached hydrogens (primary N) is 1. The highest BCUT2D eigenvalue weighted by Gasteiger charge is 2.21. The molecule has 1 heterocycles. The minimum atomic E-state index is -0.378. The Morgan fingerprint density at radius 3 is 2.22 bits per heavy atom. The number of amides is 1. The summed E-state index contributed by atoms with van der Waals surface area (Å²) in [5.74, 6) is 0.290. The Morgan fingerprint density at radius 2 is 1.44 bits per heavy atom. The van der Waals surface area contributed by atoms with Crippen molar-refractivity contribution in [2.45, 2.75) is 17.2 Å². The van der Waals surface area contributed by atoms with Crippen LogP contribution in [0.25, 0.3) is 21.7 Å². The van der Waals surface area contributed by atoms with Crippen LogP contribution < -0.4 is 5.73 Å². The van der Waals surface area contributed by atoms with Crippen molar-refractivity contribution in [2.24, 2.45) is 5.73 Å². The maximum absolute atomic E-state index is 12.5. The molecule has 1 amide bonds. The molecule has 0 saturated carbocycles. The molecule has 0 radical (unpaired) electrons. The molecule has 0 unspecified atom stereocenters. The first-order chi connectivity index (χ1) is 15.2. The maximum Gasteiger partial charge on any atom is 0.251 e. The Kier molecular flexibility index (Phi) is 6.54. The average molecular weight is 459 g/mol. The monoisotopic (exact) mass is 458 g/mol. The third-order valence-electron chi connectivity index (χ3n) is 5.65. The number of halogens is 1. The summed E-state index contributed by atoms with van der Waals surface area (Å²) in [6.45, 7) is 0.680. The fraction of sp³-hybridized carbons (Fsp3) is 0.0741. The number of rotatable bonds is 6. The number of benzene rings is 4. The lowest BCUT2D eigenvalue weighted by Gasteiger charge is -2.14. The smallest absolute Gasteiger partial charge is 0.251 e. The molecule has 5 heteroatoms. The zero-order chi connectivity index (χ0) is 21.2. The van der Waals surface area contributed by atoms with Crippen molar-refractivity contribution in [1.29, 1.82) is 0 Å². The maximum atomic E-state index is 12.5. The van der Waals surface area contributed by atoms with Gasteiger partial charge < -0.3 is 10.3 Å². The van der Waals surface area contributed by atoms with Crippen LogP contribution >= 0.6 is 24.2 Å². The number of carbonyl (C=O) groups excluding carboxylic acids is 1. The Bertz CT molecular complexity index is 1390. The van der Waals surface area contributed by atoms with Gasteiger partial charge in [-0.25, -0.2) is 0 Å². The summed E-state index contributed by atoms with van der Waals surface area (Å²) in [5.41, 5.74) is 9.74. The van der Waals surface area contributed by atoms with Gasteiger partial charge in [-0.1, -0.05) is 78.9 Å². The highest BCUT2D eigenvalue weighted by Crippen LogP contribution is 2.33. The molecule has 2 N–H and O–H groups in total. The van der Waals surface area contributed by atoms with E-state index in [1.807, 2.05) is 36.4 Å². The molecule has 5 aromatic rings. The molecule has 0 atom stereocenters. The van der Waals surface area contributed by atoms with Gasteiger partial charge >= 0.3 is 0 Å². The van der Waals surface area contributed by atoms with Gasteiger partial charge in [-0.05, 0) is 34.5 Å². The SMILES string of the molecule is Cl.NC(=O)c1c(CSc2ccccc2)n(Cc2cccc3ccccc23)c2ccccc12. The number of aromatic nitrogens is 1. The summed E-state index contributed by atoms with van der Waals surface area (Å²) in [7, 11) is 0. The van der Waals surface area contributed by atoms with Gasteiger partial charge in [-0.3, -0.25) is 4.79 Å². The van der Waals surface area contributed by atoms with Crippen LogP contribution in [-0.2, 0) is 12.3 Å². The average Bonchev–Trinajstić information content (AvgIpc) is 3.12. The zero-order valence-electron chi connectivity index (χ0n) is 17.4. The molecule has 1 aromatic heterocycles. The summed E-state index contributed by atoms with van der Waals surface area (Å²) in [6, 6.07) is 33.1. The topological polar surface area (TPSA) is 48.0 Å². The van der Waals surface area contributed by atoms with Gasteiger partial charge in [-0.15, -0.1) is 24.2 Å². The van der Waals surface area contributed by atoms with E-state index >= 15 is 0 Å². The van der Waals surface area contributed by atoms with Crippen LogP contribution in [0.1, 0.15) is 21.6 Å². The van der Waals surface area contributed by atoms with Gasteiger partial charge in [0.2, 0.25) is 0 Å². The van der Waals surface area contributed by atoms with Crippen molar-refractivity contribution in [3.8, 4) is 0 Å². The number of carbonyl (C=O) groups is 1. The first-order valence-electron chi connectivity index (χ1n) is 10.3. The lowest BCUT2D eigenvalue weighted by molar-refractivity contribution is 0.100. The number of para-hydroxylation sites is 1. The first-order valence-corrected chi connectivity index (χ1v) is 11.3. The molecule has 0 fully saturated rings. The van der Waals surface area contributed by atoms with E-state index in [1.165, 1.54) is 21.2 Å². The van der Waals surface area contributed by atoms with Crippen LogP contribution in [-0.4, -0.2) is 10.5 Å². The predicted octanol–water partition coefficient (Wildman–Crippen LogP) is 6.66. The first kappa shape index (κ1) is 22.0. The zero-order valence-corrected chi connectivity index (χ0v) is 19.0. The van der Waals surface area contributed by atoms with E-state index in [9.17, 15) is 4.79 Å². The van der Waals surface area contributed by atoms with E-state index in [2.05, 4.69) is 65.2 Å². The van der Waals surface area contributed by atoms with E-state index in [0.717, 1.165) is 16.6 Å². The largest absolute Gasteiger partial charge is 0.366 e. The van der Waals surface area contributed by atoms with Crippen molar-refractivity contribution >= 4 is 51.8 Å². The molecule has 0 aliphatic carbocycles. The number of nitrogens with zero attached hydrogens (tertiary/aromatic N) is 1. The van der Waals surface area contributed by atoms with Crippen LogP contribution in [0.5, 0.6) is 0 Å². The van der Waals surface area contributed by atoms with E-state index in [4.69, 9.17) is 5.73 Å². The van der Waals surface area contributed by atoms with Gasteiger partial charge in [-0.2, -0.15) is 0 Å². The predicted molar refractivity (Wildman–Crippen MR) is 137 cm³/mol. The summed E-state index contributed by atoms with van der Waals surface area (Å²) < 4.78 is 2.26. The third kappa shape index (κ3) is 4.12. The van der Waals surface area contributed by atoms with Gasteiger partial charge in [0, 0.05) is 33.8 Å². The Balaban J connectivity index is 0.00000245. The lowest BCUT2D eigenvalue weighted by Crippen LogP contribution is -2.14. The van der Waals surface area contributed by atoms with E-state index in [0.29, 0.717) is 17.9 Å². The van der Waals surface area contributed by atoms with Gasteiger partial charge in [0.1, 0.15) is 0 Å². The molecule has 0 aliphatic heterocycles. The number of thioether (sulfide) groups is 1. The van der Waals surface area contributed by atoms with E-state index in [1.54, 1.807) is 11.8 Å². The number of hydrogen-bond acceptors (Lipinski definition) is 2. The second-order valence-electron chi connectivity index (χ2n) is 7.53. The molecular weight excluding hydrogens is 436 g/mol. The molecule has 32 heavy (non-hydrogen) atoms. The standard InChI is InChI=1S/C27H22N2OS.ClH/c28-27(30)26-23-15-6-7-16-24(23)29(25(26)18-31-21-12-2-1-3-13-21)17-20-11-8-10-19-9-4-5-14-22(19)20;/h1-16H,17-18H2,(H2,28,30);1H. The van der Waals surface area contributed by atoms with Crippen molar-refractivity contribution in [3.05, 3.63) is 114 Å². The number of fused-ring (bicyclic) bond motifs is 2. The molecule has 4 aromatic carbocycles. The number of hydrogen-bond donors (Lipinski definition) is 1. The Hall–Kier alpha value is -3.21. The molecule has 3 nitrogen and oxygen atoms in total. The van der Waals surface area contributed by atoms with Crippen molar-refractivity contribution in [1.82, 2.24) is 4.57 Å². The van der Waals surface area contributed by atoms with E-state index in [-0.39, 0.29) is 18.3 Å². The van der Waals surface area contributed by atoms with E-state index < -0.39 is 0 Å². The van der Waals surface area contributed by atoms with Crippen molar-refractivity contribution in [2.75, 3.05) is 0 Å². The second kappa shape index (κ2) is 9.51. The summed E-state index contributed by atoms with van der Waals surface area (Å²) in [5, 5.41) is 3.36. The minimum Gasteiger partial charge on any atom is -0.366 e. The summed E-state index contributed by atoms with van der Waals surface area (Å²) in [4.78, 5) is 13.7. The lowest BCUT2D eigenvalue weighted by atomic mass is 10.0. The number of primary amides is 1. The third-order valence-corrected chi connectivity index (χ3v) is 6.68. The quantitative estimate of drug-likeness (QED) is 0.289. The fourth-order valence-electron chi connectivity index (χ4n) is 4.23. The molecular formula is C27H23ClN2OS. The molecule has 5 rings (SSSR count). The molecule has 0 spiro atoms. The Morgan fingerprint density at radius 1 is 0.781 bits per heavy atom. The van der Waals surface area contributed by atoms with Crippen LogP contribution in [0, 0.1) is 0 Å². The van der Waals surface area contributed by atoms with Crippen LogP contribution in [0.2, 0.25) is 0 Å². The summed E-state index contributed by atoms with van der Waals surface area (Å²) in [6.07, 6.45) is 0. The van der Waals surface area contributed by atoms with Crippen molar-refractivity contribution in [3.63, 3.8) is 0 Å². The van der Waals surface area contributed by atoms with Crippen molar-refractivity contribution < 1.29 is 4.79 Å². The van der Waals surface area contributed by atoms with Crippen LogP contribution in [0.4, 0.5) is 0 Å². The summed E-state index contributed by atoms with van der Waals surface area (Å²) >= 11 is 1.72. The van der Waals surface area contributed by atoms with Gasteiger partial charge in [0.05, 0.1) is 5.56 Å². The Labute approximate surface area is 197 Å². The molecule has 0 saturated heterocycles. The van der Waals surface area contributed by atoms with Gasteiger partial charge in [0.25, 0.3) is 5.91 Å². The highest BCUT2D eigenvalue weighted by molar-refractivity contribution is 7.98. The van der Waals surface area contributed by atoms with Gasteiger partial charge in [0.15, 0.2) is 0 Å². The fourth-order valence-corrected chi connectivity index (χ4v) is 5.18. The second-order valence-corrected chi connectivity index (χ2v) is 8.58. The molecule has 0 aliphatic rings. The minimum absolute atomic E-state index is 0. The molecule has 160 valence electrons. The van der Waals surface area contributed by atoms with Crippen LogP contribution in [0.3, 0.4) is 0 Å². The van der Waals surface area contributed by atoms with Crippen LogP contribution in [0.15, 0.2) is 102 Å². The highest BCUT2D eigenvalue weighted by atomic mass is 35.5. The normalized spacial score (nSPS) is 10.9. The molecule has 0 bridgehead atoms.